The van der Waals surface area contributed by atoms with E-state index in [9.17, 15) is 0 Å². The molecule has 1 rings (SSSR count). The summed E-state index contributed by atoms with van der Waals surface area (Å²) >= 11 is 0. The van der Waals surface area contributed by atoms with E-state index in [0.717, 1.165) is 25.2 Å². The molecule has 0 radical (unpaired) electrons. The largest absolute Gasteiger partial charge is 0.392 e. The first kappa shape index (κ1) is 7.54. The molecule has 1 heterocycles. The lowest BCUT2D eigenvalue weighted by atomic mass is 10.2. The molecule has 1 aliphatic rings. The lowest BCUT2D eigenvalue weighted by Crippen LogP contribution is -2.32. The fourth-order valence-corrected chi connectivity index (χ4v) is 1.49. The first-order valence-electron chi connectivity index (χ1n) is 3.72. The zero-order valence-corrected chi connectivity index (χ0v) is 6.38. The van der Waals surface area contributed by atoms with E-state index in [1.54, 1.807) is 0 Å². The average molecular weight is 143 g/mol. The molecule has 3 N–H and O–H groups in total. The Labute approximate surface area is 61.2 Å². The smallest absolute Gasteiger partial charge is 0.239 e. The van der Waals surface area contributed by atoms with Gasteiger partial charge in [0, 0.05) is 6.92 Å². The number of hydrogen-bond acceptors (Lipinski definition) is 1. The molecule has 3 nitrogen and oxygen atoms in total. The topological polar surface area (TPSA) is 49.3 Å². The summed E-state index contributed by atoms with van der Waals surface area (Å²) in [5.74, 6) is 0.830. The molecule has 0 unspecified atom stereocenters. The molecular formula is C7H15N2O+. The fourth-order valence-electron chi connectivity index (χ4n) is 1.49. The van der Waals surface area contributed by atoms with E-state index in [0.29, 0.717) is 0 Å². The van der Waals surface area contributed by atoms with Gasteiger partial charge in [-0.05, 0) is 12.8 Å². The van der Waals surface area contributed by atoms with E-state index in [2.05, 4.69) is 4.58 Å². The van der Waals surface area contributed by atoms with Crippen molar-refractivity contribution in [3.63, 3.8) is 0 Å². The quantitative estimate of drug-likeness (QED) is 0.385. The van der Waals surface area contributed by atoms with Crippen molar-refractivity contribution in [1.29, 1.82) is 0 Å². The number of rotatable bonds is 1. The lowest BCUT2D eigenvalue weighted by Gasteiger charge is -2.07. The molecule has 0 aliphatic carbocycles. The van der Waals surface area contributed by atoms with Crippen molar-refractivity contribution < 1.29 is 9.68 Å². The maximum absolute atomic E-state index is 8.87. The highest BCUT2D eigenvalue weighted by Crippen LogP contribution is 2.10. The van der Waals surface area contributed by atoms with Crippen molar-refractivity contribution in [3.05, 3.63) is 0 Å². The van der Waals surface area contributed by atoms with E-state index in [1.807, 2.05) is 6.92 Å². The Hall–Kier alpha value is -0.570. The maximum Gasteiger partial charge on any atom is 0.239 e. The van der Waals surface area contributed by atoms with Gasteiger partial charge in [-0.15, -0.1) is 0 Å². The summed E-state index contributed by atoms with van der Waals surface area (Å²) in [4.78, 5) is 0. The molecule has 0 aromatic heterocycles. The van der Waals surface area contributed by atoms with Crippen molar-refractivity contribution >= 4 is 5.84 Å². The monoisotopic (exact) mass is 143 g/mol. The molecule has 0 aromatic carbocycles. The summed E-state index contributed by atoms with van der Waals surface area (Å²) in [6, 6.07) is 0.282. The molecule has 3 heteroatoms. The lowest BCUT2D eigenvalue weighted by molar-refractivity contribution is -0.548. The molecular weight excluding hydrogens is 128 g/mol. The highest BCUT2D eigenvalue weighted by atomic mass is 16.3. The van der Waals surface area contributed by atoms with Gasteiger partial charge in [0.15, 0.2) is 0 Å². The molecule has 1 fully saturated rings. The molecule has 1 saturated heterocycles. The number of amidine groups is 1. The van der Waals surface area contributed by atoms with Gasteiger partial charge in [0.05, 0.1) is 13.2 Å². The molecule has 0 spiro atoms. The van der Waals surface area contributed by atoms with Crippen LogP contribution >= 0.6 is 0 Å². The Bertz CT molecular complexity index is 150. The summed E-state index contributed by atoms with van der Waals surface area (Å²) in [5, 5.41) is 8.87. The van der Waals surface area contributed by atoms with Gasteiger partial charge in [0.2, 0.25) is 5.84 Å². The third-order valence-electron chi connectivity index (χ3n) is 2.04. The standard InChI is InChI=1S/C7H14N2O/c1-6(8)9-4-2-3-7(9)5-10/h7-8,10H,2-5H2,1H3/p+1/t7-/m0/s1. The number of nitrogens with zero attached hydrogens (tertiary/aromatic N) is 1. The minimum atomic E-state index is 0.231. The second-order valence-corrected chi connectivity index (χ2v) is 2.81. The summed E-state index contributed by atoms with van der Waals surface area (Å²) in [5.41, 5.74) is 5.60. The van der Waals surface area contributed by atoms with Crippen LogP contribution in [0.3, 0.4) is 0 Å². The highest BCUT2D eigenvalue weighted by molar-refractivity contribution is 5.72. The van der Waals surface area contributed by atoms with E-state index in [1.165, 1.54) is 0 Å². The van der Waals surface area contributed by atoms with Crippen molar-refractivity contribution in [1.82, 2.24) is 0 Å². The van der Waals surface area contributed by atoms with Crippen molar-refractivity contribution in [2.24, 2.45) is 5.73 Å². The molecule has 1 aliphatic heterocycles. The number of nitrogens with two attached hydrogens (primary N) is 1. The molecule has 10 heavy (non-hydrogen) atoms. The number of aliphatic hydroxyl groups is 1. The Kier molecular flexibility index (Phi) is 2.27. The van der Waals surface area contributed by atoms with Crippen molar-refractivity contribution in [2.75, 3.05) is 13.2 Å². The Morgan fingerprint density at radius 3 is 2.90 bits per heavy atom. The summed E-state index contributed by atoms with van der Waals surface area (Å²) in [7, 11) is 0. The zero-order valence-electron chi connectivity index (χ0n) is 6.38. The Balaban J connectivity index is 2.68. The van der Waals surface area contributed by atoms with Gasteiger partial charge in [-0.2, -0.15) is 0 Å². The van der Waals surface area contributed by atoms with Crippen LogP contribution in [0.25, 0.3) is 0 Å². The van der Waals surface area contributed by atoms with Crippen molar-refractivity contribution in [3.8, 4) is 0 Å². The van der Waals surface area contributed by atoms with Gasteiger partial charge in [0.1, 0.15) is 6.04 Å². The van der Waals surface area contributed by atoms with Gasteiger partial charge in [0.25, 0.3) is 0 Å². The molecule has 0 saturated carbocycles. The van der Waals surface area contributed by atoms with E-state index < -0.39 is 0 Å². The van der Waals surface area contributed by atoms with Crippen LogP contribution in [-0.2, 0) is 0 Å². The van der Waals surface area contributed by atoms with E-state index >= 15 is 0 Å². The van der Waals surface area contributed by atoms with Crippen LogP contribution in [-0.4, -0.2) is 34.7 Å². The second-order valence-electron chi connectivity index (χ2n) is 2.81. The van der Waals surface area contributed by atoms with Crippen LogP contribution in [0.5, 0.6) is 0 Å². The zero-order chi connectivity index (χ0) is 7.56. The summed E-state index contributed by atoms with van der Waals surface area (Å²) < 4.78 is 2.07. The summed E-state index contributed by atoms with van der Waals surface area (Å²) in [6.07, 6.45) is 2.23. The molecule has 0 amide bonds. The van der Waals surface area contributed by atoms with Crippen LogP contribution in [0.2, 0.25) is 0 Å². The average Bonchev–Trinajstić information content (AvgIpc) is 2.33. The first-order valence-corrected chi connectivity index (χ1v) is 3.72. The minimum absolute atomic E-state index is 0.231. The Morgan fingerprint density at radius 1 is 1.80 bits per heavy atom. The fraction of sp³-hybridized carbons (Fsp3) is 0.857. The van der Waals surface area contributed by atoms with Gasteiger partial charge >= 0.3 is 0 Å². The second kappa shape index (κ2) is 3.01. The summed E-state index contributed by atoms with van der Waals surface area (Å²) in [6.45, 7) is 3.12. The van der Waals surface area contributed by atoms with Gasteiger partial charge < -0.3 is 5.11 Å². The SMILES string of the molecule is CC(N)=[N+]1CCC[C@H]1CO. The Morgan fingerprint density at radius 2 is 2.50 bits per heavy atom. The van der Waals surface area contributed by atoms with Gasteiger partial charge in [-0.3, -0.25) is 10.3 Å². The first-order chi connectivity index (χ1) is 4.75. The normalized spacial score (nSPS) is 30.8. The third kappa shape index (κ3) is 1.29. The van der Waals surface area contributed by atoms with Crippen LogP contribution in [0, 0.1) is 0 Å². The highest BCUT2D eigenvalue weighted by Gasteiger charge is 2.23. The molecule has 1 atom stereocenters. The van der Waals surface area contributed by atoms with Gasteiger partial charge in [-0.1, -0.05) is 0 Å². The van der Waals surface area contributed by atoms with Crippen LogP contribution in [0.4, 0.5) is 0 Å². The van der Waals surface area contributed by atoms with Crippen LogP contribution in [0.1, 0.15) is 19.8 Å². The van der Waals surface area contributed by atoms with Crippen molar-refractivity contribution in [2.45, 2.75) is 25.8 Å². The van der Waals surface area contributed by atoms with Gasteiger partial charge in [-0.25, -0.2) is 0 Å². The predicted octanol–water partition coefficient (Wildman–Crippen LogP) is -0.469. The van der Waals surface area contributed by atoms with Crippen LogP contribution in [0.15, 0.2) is 0 Å². The maximum atomic E-state index is 8.87. The third-order valence-corrected chi connectivity index (χ3v) is 2.04. The molecule has 0 bridgehead atoms. The molecule has 58 valence electrons. The number of hydrogen-bond donors (Lipinski definition) is 2. The number of aliphatic hydroxyl groups excluding tert-OH is 1. The predicted molar refractivity (Wildman–Crippen MR) is 40.1 cm³/mol. The van der Waals surface area contributed by atoms with E-state index in [-0.39, 0.29) is 12.6 Å². The van der Waals surface area contributed by atoms with Crippen LogP contribution < -0.4 is 5.73 Å². The molecule has 0 aromatic rings. The van der Waals surface area contributed by atoms with E-state index in [4.69, 9.17) is 10.8 Å². The minimum Gasteiger partial charge on any atom is -0.392 e.